The van der Waals surface area contributed by atoms with Gasteiger partial charge in [-0.25, -0.2) is 9.78 Å². The molecule has 19 heavy (non-hydrogen) atoms. The van der Waals surface area contributed by atoms with Gasteiger partial charge in [-0.05, 0) is 12.1 Å². The average Bonchev–Trinajstić information content (AvgIpc) is 2.88. The number of para-hydroxylation sites is 1. The van der Waals surface area contributed by atoms with E-state index in [4.69, 9.17) is 5.11 Å². The SMILES string of the molecule is O=C(O)[C@H](Cc1c[nH]cn1)/N=C/c1ccccc1O. The van der Waals surface area contributed by atoms with Crippen LogP contribution in [0.5, 0.6) is 5.75 Å². The number of aromatic amines is 1. The number of phenols is 1. The van der Waals surface area contributed by atoms with Crippen molar-refractivity contribution in [1.29, 1.82) is 0 Å². The topological polar surface area (TPSA) is 98.6 Å². The number of hydrogen-bond acceptors (Lipinski definition) is 4. The van der Waals surface area contributed by atoms with E-state index in [9.17, 15) is 9.90 Å². The normalized spacial score (nSPS) is 12.6. The molecule has 0 aliphatic heterocycles. The lowest BCUT2D eigenvalue weighted by atomic mass is 10.1. The molecule has 2 rings (SSSR count). The summed E-state index contributed by atoms with van der Waals surface area (Å²) in [5.74, 6) is -0.968. The fourth-order valence-electron chi connectivity index (χ4n) is 1.57. The highest BCUT2D eigenvalue weighted by Crippen LogP contribution is 2.13. The highest BCUT2D eigenvalue weighted by molar-refractivity contribution is 5.86. The van der Waals surface area contributed by atoms with Crippen LogP contribution < -0.4 is 0 Å². The number of carboxylic acids is 1. The van der Waals surface area contributed by atoms with Gasteiger partial charge in [0, 0.05) is 24.4 Å². The summed E-state index contributed by atoms with van der Waals surface area (Å²) in [6.45, 7) is 0. The number of aromatic hydroxyl groups is 1. The van der Waals surface area contributed by atoms with E-state index in [1.54, 1.807) is 24.4 Å². The molecule has 2 aromatic rings. The van der Waals surface area contributed by atoms with Crippen molar-refractivity contribution in [3.63, 3.8) is 0 Å². The number of nitrogens with zero attached hydrogens (tertiary/aromatic N) is 2. The first kappa shape index (κ1) is 12.8. The molecular formula is C13H13N3O3. The van der Waals surface area contributed by atoms with Crippen molar-refractivity contribution in [2.45, 2.75) is 12.5 Å². The number of H-pyrrole nitrogens is 1. The highest BCUT2D eigenvalue weighted by atomic mass is 16.4. The van der Waals surface area contributed by atoms with Gasteiger partial charge in [0.05, 0.1) is 12.0 Å². The van der Waals surface area contributed by atoms with E-state index in [-0.39, 0.29) is 12.2 Å². The summed E-state index contributed by atoms with van der Waals surface area (Å²) in [5.41, 5.74) is 1.11. The zero-order valence-electron chi connectivity index (χ0n) is 10.0. The van der Waals surface area contributed by atoms with Crippen LogP contribution in [0.4, 0.5) is 0 Å². The van der Waals surface area contributed by atoms with Gasteiger partial charge in [0.25, 0.3) is 0 Å². The third kappa shape index (κ3) is 3.41. The van der Waals surface area contributed by atoms with Crippen molar-refractivity contribution < 1.29 is 15.0 Å². The molecule has 1 aromatic heterocycles. The van der Waals surface area contributed by atoms with Gasteiger partial charge in [0.2, 0.25) is 0 Å². The lowest BCUT2D eigenvalue weighted by molar-refractivity contribution is -0.138. The second kappa shape index (κ2) is 5.81. The van der Waals surface area contributed by atoms with Crippen molar-refractivity contribution in [2.24, 2.45) is 4.99 Å². The maximum atomic E-state index is 11.1. The van der Waals surface area contributed by atoms with Gasteiger partial charge < -0.3 is 15.2 Å². The molecule has 1 aromatic carbocycles. The molecule has 0 aliphatic rings. The molecule has 0 bridgehead atoms. The Kier molecular flexibility index (Phi) is 3.92. The number of aromatic nitrogens is 2. The minimum absolute atomic E-state index is 0.0650. The van der Waals surface area contributed by atoms with E-state index in [1.807, 2.05) is 0 Å². The number of carbonyl (C=O) groups is 1. The first-order valence-corrected chi connectivity index (χ1v) is 5.68. The Balaban J connectivity index is 2.13. The predicted octanol–water partition coefficient (Wildman–Crippen LogP) is 1.23. The molecule has 0 amide bonds. The Morgan fingerprint density at radius 3 is 2.89 bits per heavy atom. The summed E-state index contributed by atoms with van der Waals surface area (Å²) in [6, 6.07) is 5.68. The van der Waals surface area contributed by atoms with E-state index in [0.29, 0.717) is 11.3 Å². The van der Waals surface area contributed by atoms with Crippen LogP contribution in [0.1, 0.15) is 11.3 Å². The van der Waals surface area contributed by atoms with Crippen LogP contribution in [0.3, 0.4) is 0 Å². The second-order valence-electron chi connectivity index (χ2n) is 3.96. The predicted molar refractivity (Wildman–Crippen MR) is 69.4 cm³/mol. The van der Waals surface area contributed by atoms with Gasteiger partial charge in [-0.1, -0.05) is 12.1 Å². The summed E-state index contributed by atoms with van der Waals surface area (Å²) in [5, 5.41) is 18.7. The largest absolute Gasteiger partial charge is 0.507 e. The van der Waals surface area contributed by atoms with Gasteiger partial charge in [0.1, 0.15) is 5.75 Å². The molecule has 3 N–H and O–H groups in total. The van der Waals surface area contributed by atoms with Crippen LogP contribution >= 0.6 is 0 Å². The molecule has 0 saturated heterocycles. The molecule has 6 heteroatoms. The van der Waals surface area contributed by atoms with Gasteiger partial charge in [-0.2, -0.15) is 0 Å². The zero-order valence-corrected chi connectivity index (χ0v) is 10.0. The Hall–Kier alpha value is -2.63. The molecule has 0 fully saturated rings. The Labute approximate surface area is 109 Å². The summed E-state index contributed by atoms with van der Waals surface area (Å²) in [6.07, 6.45) is 4.68. The van der Waals surface area contributed by atoms with Crippen LogP contribution in [0, 0.1) is 0 Å². The molecule has 0 saturated carbocycles. The first-order chi connectivity index (χ1) is 9.16. The number of benzene rings is 1. The number of rotatable bonds is 5. The monoisotopic (exact) mass is 259 g/mol. The van der Waals surface area contributed by atoms with Crippen LogP contribution in [-0.4, -0.2) is 38.4 Å². The summed E-state index contributed by atoms with van der Waals surface area (Å²) in [7, 11) is 0. The highest BCUT2D eigenvalue weighted by Gasteiger charge is 2.17. The fourth-order valence-corrected chi connectivity index (χ4v) is 1.57. The molecule has 6 nitrogen and oxygen atoms in total. The first-order valence-electron chi connectivity index (χ1n) is 5.68. The molecule has 1 atom stereocenters. The maximum Gasteiger partial charge on any atom is 0.328 e. The summed E-state index contributed by atoms with van der Waals surface area (Å²) in [4.78, 5) is 21.8. The van der Waals surface area contributed by atoms with Gasteiger partial charge in [-0.3, -0.25) is 4.99 Å². The smallest absolute Gasteiger partial charge is 0.328 e. The van der Waals surface area contributed by atoms with Crippen molar-refractivity contribution in [1.82, 2.24) is 9.97 Å². The van der Waals surface area contributed by atoms with Crippen molar-refractivity contribution in [3.05, 3.63) is 48.0 Å². The average molecular weight is 259 g/mol. The van der Waals surface area contributed by atoms with Gasteiger partial charge >= 0.3 is 5.97 Å². The molecule has 0 aliphatic carbocycles. The third-order valence-electron chi connectivity index (χ3n) is 2.57. The lowest BCUT2D eigenvalue weighted by Crippen LogP contribution is -2.21. The van der Waals surface area contributed by atoms with E-state index >= 15 is 0 Å². The second-order valence-corrected chi connectivity index (χ2v) is 3.96. The molecule has 98 valence electrons. The van der Waals surface area contributed by atoms with E-state index < -0.39 is 12.0 Å². The zero-order chi connectivity index (χ0) is 13.7. The Bertz CT molecular complexity index is 579. The van der Waals surface area contributed by atoms with Crippen molar-refractivity contribution >= 4 is 12.2 Å². The minimum atomic E-state index is -1.03. The minimum Gasteiger partial charge on any atom is -0.507 e. The molecule has 0 radical (unpaired) electrons. The summed E-state index contributed by atoms with van der Waals surface area (Å²) >= 11 is 0. The molecule has 0 spiro atoms. The number of phenolic OH excluding ortho intramolecular Hbond substituents is 1. The third-order valence-corrected chi connectivity index (χ3v) is 2.57. The number of carboxylic acid groups (broad SMARTS) is 1. The fraction of sp³-hybridized carbons (Fsp3) is 0.154. The Morgan fingerprint density at radius 2 is 2.26 bits per heavy atom. The standard InChI is InChI=1S/C13H13N3O3/c17-12-4-2-1-3-9(12)6-15-11(13(18)19)5-10-7-14-8-16-10/h1-4,6-8,11,17H,5H2,(H,14,16)(H,18,19)/b15-6+/t11-/m0/s1. The van der Waals surface area contributed by atoms with Gasteiger partial charge in [0.15, 0.2) is 6.04 Å². The number of aliphatic carboxylic acids is 1. The maximum absolute atomic E-state index is 11.1. The van der Waals surface area contributed by atoms with E-state index in [0.717, 1.165) is 0 Å². The number of imidazole rings is 1. The van der Waals surface area contributed by atoms with Crippen LogP contribution in [0.15, 0.2) is 41.8 Å². The number of hydrogen-bond donors (Lipinski definition) is 3. The van der Waals surface area contributed by atoms with Crippen LogP contribution in [0.2, 0.25) is 0 Å². The quantitative estimate of drug-likeness (QED) is 0.703. The lowest BCUT2D eigenvalue weighted by Gasteiger charge is -2.05. The Morgan fingerprint density at radius 1 is 1.47 bits per heavy atom. The number of nitrogens with one attached hydrogen (secondary N) is 1. The van der Waals surface area contributed by atoms with Crippen molar-refractivity contribution in [3.8, 4) is 5.75 Å². The van der Waals surface area contributed by atoms with Crippen LogP contribution in [0.25, 0.3) is 0 Å². The van der Waals surface area contributed by atoms with E-state index in [2.05, 4.69) is 15.0 Å². The number of aliphatic imine (C=N–C) groups is 1. The van der Waals surface area contributed by atoms with Gasteiger partial charge in [-0.15, -0.1) is 0 Å². The van der Waals surface area contributed by atoms with Crippen LogP contribution in [-0.2, 0) is 11.2 Å². The summed E-state index contributed by atoms with van der Waals surface area (Å²) < 4.78 is 0. The molecule has 0 unspecified atom stereocenters. The molecule has 1 heterocycles. The molecular weight excluding hydrogens is 246 g/mol. The van der Waals surface area contributed by atoms with Crippen molar-refractivity contribution in [2.75, 3.05) is 0 Å². The van der Waals surface area contributed by atoms with E-state index in [1.165, 1.54) is 18.6 Å².